The number of rotatable bonds is 4. The average molecular weight is 273 g/mol. The van der Waals surface area contributed by atoms with E-state index in [0.717, 1.165) is 5.56 Å². The lowest BCUT2D eigenvalue weighted by molar-refractivity contribution is 0.0779. The van der Waals surface area contributed by atoms with Gasteiger partial charge in [-0.3, -0.25) is 4.79 Å². The van der Waals surface area contributed by atoms with E-state index in [0.29, 0.717) is 18.1 Å². The van der Waals surface area contributed by atoms with Crippen molar-refractivity contribution in [1.29, 1.82) is 0 Å². The summed E-state index contributed by atoms with van der Waals surface area (Å²) in [7, 11) is 3.44. The van der Waals surface area contributed by atoms with Gasteiger partial charge in [0.1, 0.15) is 17.3 Å². The van der Waals surface area contributed by atoms with Crippen molar-refractivity contribution >= 4 is 11.7 Å². The Morgan fingerprint density at radius 1 is 1.25 bits per heavy atom. The Morgan fingerprint density at radius 2 is 1.95 bits per heavy atom. The van der Waals surface area contributed by atoms with Gasteiger partial charge < -0.3 is 10.2 Å². The number of nitrogens with zero attached hydrogens (tertiary/aromatic N) is 2. The Morgan fingerprint density at radius 3 is 2.60 bits per heavy atom. The standard InChI is InChI=1S/C15H16FN3O/c1-17-14-5-3-4-13(18-14)15(20)19(2)10-11-6-8-12(16)9-7-11/h3-9H,10H2,1-2H3,(H,17,18). The molecule has 0 fully saturated rings. The Balaban J connectivity index is 2.09. The Labute approximate surface area is 117 Å². The number of nitrogens with one attached hydrogen (secondary N) is 1. The average Bonchev–Trinajstić information content (AvgIpc) is 2.48. The van der Waals surface area contributed by atoms with Crippen LogP contribution in [0.3, 0.4) is 0 Å². The van der Waals surface area contributed by atoms with Crippen LogP contribution in [-0.2, 0) is 6.54 Å². The fraction of sp³-hybridized carbons (Fsp3) is 0.200. The monoisotopic (exact) mass is 273 g/mol. The van der Waals surface area contributed by atoms with Crippen molar-refractivity contribution in [2.24, 2.45) is 0 Å². The van der Waals surface area contributed by atoms with Gasteiger partial charge in [0.2, 0.25) is 0 Å². The number of halogens is 1. The zero-order valence-electron chi connectivity index (χ0n) is 11.4. The van der Waals surface area contributed by atoms with Crippen molar-refractivity contribution in [3.63, 3.8) is 0 Å². The first kappa shape index (κ1) is 14.0. The maximum absolute atomic E-state index is 12.8. The molecule has 0 atom stereocenters. The first-order chi connectivity index (χ1) is 9.60. The van der Waals surface area contributed by atoms with Crippen LogP contribution in [0.2, 0.25) is 0 Å². The molecule has 1 aromatic heterocycles. The molecule has 1 aromatic carbocycles. The molecule has 0 aliphatic carbocycles. The number of benzene rings is 1. The number of hydrogen-bond donors (Lipinski definition) is 1. The summed E-state index contributed by atoms with van der Waals surface area (Å²) in [5, 5.41) is 2.89. The quantitative estimate of drug-likeness (QED) is 0.931. The van der Waals surface area contributed by atoms with E-state index in [2.05, 4.69) is 10.3 Å². The van der Waals surface area contributed by atoms with Crippen LogP contribution >= 0.6 is 0 Å². The third-order valence-electron chi connectivity index (χ3n) is 2.90. The number of carbonyl (C=O) groups excluding carboxylic acids is 1. The van der Waals surface area contributed by atoms with Crippen LogP contribution in [0.5, 0.6) is 0 Å². The highest BCUT2D eigenvalue weighted by molar-refractivity contribution is 5.92. The number of pyridine rings is 1. The predicted molar refractivity (Wildman–Crippen MR) is 76.0 cm³/mol. The molecule has 0 aliphatic heterocycles. The number of amides is 1. The van der Waals surface area contributed by atoms with Crippen LogP contribution in [0.15, 0.2) is 42.5 Å². The van der Waals surface area contributed by atoms with E-state index >= 15 is 0 Å². The maximum Gasteiger partial charge on any atom is 0.272 e. The van der Waals surface area contributed by atoms with E-state index in [9.17, 15) is 9.18 Å². The highest BCUT2D eigenvalue weighted by Crippen LogP contribution is 2.10. The van der Waals surface area contributed by atoms with Crippen LogP contribution in [-0.4, -0.2) is 29.9 Å². The van der Waals surface area contributed by atoms with Crippen molar-refractivity contribution in [2.75, 3.05) is 19.4 Å². The highest BCUT2D eigenvalue weighted by atomic mass is 19.1. The van der Waals surface area contributed by atoms with E-state index in [1.807, 2.05) is 0 Å². The van der Waals surface area contributed by atoms with E-state index in [4.69, 9.17) is 0 Å². The molecule has 0 saturated carbocycles. The van der Waals surface area contributed by atoms with Crippen molar-refractivity contribution in [2.45, 2.75) is 6.54 Å². The lowest BCUT2D eigenvalue weighted by Crippen LogP contribution is -2.27. The maximum atomic E-state index is 12.8. The summed E-state index contributed by atoms with van der Waals surface area (Å²) < 4.78 is 12.8. The number of hydrogen-bond acceptors (Lipinski definition) is 3. The first-order valence-corrected chi connectivity index (χ1v) is 6.25. The fourth-order valence-corrected chi connectivity index (χ4v) is 1.82. The van der Waals surface area contributed by atoms with E-state index < -0.39 is 0 Å². The Hall–Kier alpha value is -2.43. The van der Waals surface area contributed by atoms with Gasteiger partial charge >= 0.3 is 0 Å². The SMILES string of the molecule is CNc1cccc(C(=O)N(C)Cc2ccc(F)cc2)n1. The van der Waals surface area contributed by atoms with Crippen LogP contribution in [0.4, 0.5) is 10.2 Å². The third-order valence-corrected chi connectivity index (χ3v) is 2.90. The van der Waals surface area contributed by atoms with Crippen LogP contribution in [0, 0.1) is 5.82 Å². The Kier molecular flexibility index (Phi) is 4.30. The molecular weight excluding hydrogens is 257 g/mol. The molecule has 20 heavy (non-hydrogen) atoms. The van der Waals surface area contributed by atoms with Gasteiger partial charge in [0, 0.05) is 20.6 Å². The molecule has 5 heteroatoms. The number of carbonyl (C=O) groups is 1. The summed E-state index contributed by atoms with van der Waals surface area (Å²) in [6.07, 6.45) is 0. The summed E-state index contributed by atoms with van der Waals surface area (Å²) in [6.45, 7) is 0.407. The van der Waals surface area contributed by atoms with Crippen molar-refractivity contribution in [3.8, 4) is 0 Å². The molecule has 1 amide bonds. The van der Waals surface area contributed by atoms with Gasteiger partial charge in [0.05, 0.1) is 0 Å². The predicted octanol–water partition coefficient (Wildman–Crippen LogP) is 2.53. The second-order valence-corrected chi connectivity index (χ2v) is 4.45. The normalized spacial score (nSPS) is 10.2. The molecule has 0 spiro atoms. The molecule has 0 saturated heterocycles. The molecule has 2 aromatic rings. The summed E-state index contributed by atoms with van der Waals surface area (Å²) in [4.78, 5) is 18.0. The molecule has 0 unspecified atom stereocenters. The first-order valence-electron chi connectivity index (χ1n) is 6.25. The summed E-state index contributed by atoms with van der Waals surface area (Å²) in [5.74, 6) is 0.184. The number of anilines is 1. The van der Waals surface area contributed by atoms with Crippen LogP contribution in [0.25, 0.3) is 0 Å². The molecule has 4 nitrogen and oxygen atoms in total. The van der Waals surface area contributed by atoms with E-state index in [-0.39, 0.29) is 11.7 Å². The van der Waals surface area contributed by atoms with Gasteiger partial charge in [-0.2, -0.15) is 0 Å². The Bertz CT molecular complexity index is 598. The molecule has 1 N–H and O–H groups in total. The second-order valence-electron chi connectivity index (χ2n) is 4.45. The summed E-state index contributed by atoms with van der Waals surface area (Å²) in [6, 6.07) is 11.3. The minimum atomic E-state index is -0.286. The molecular formula is C15H16FN3O. The van der Waals surface area contributed by atoms with Crippen molar-refractivity contribution in [3.05, 3.63) is 59.5 Å². The zero-order valence-corrected chi connectivity index (χ0v) is 11.4. The molecule has 104 valence electrons. The van der Waals surface area contributed by atoms with Gasteiger partial charge in [-0.05, 0) is 29.8 Å². The third kappa shape index (κ3) is 3.32. The smallest absolute Gasteiger partial charge is 0.272 e. The van der Waals surface area contributed by atoms with Gasteiger partial charge in [0.25, 0.3) is 5.91 Å². The lowest BCUT2D eigenvalue weighted by Gasteiger charge is -2.17. The summed E-state index contributed by atoms with van der Waals surface area (Å²) >= 11 is 0. The molecule has 2 rings (SSSR count). The van der Waals surface area contributed by atoms with Gasteiger partial charge in [-0.15, -0.1) is 0 Å². The molecule has 0 bridgehead atoms. The molecule has 0 radical (unpaired) electrons. The highest BCUT2D eigenvalue weighted by Gasteiger charge is 2.13. The van der Waals surface area contributed by atoms with Gasteiger partial charge in [0.15, 0.2) is 0 Å². The molecule has 1 heterocycles. The van der Waals surface area contributed by atoms with Crippen molar-refractivity contribution in [1.82, 2.24) is 9.88 Å². The second kappa shape index (κ2) is 6.14. The minimum absolute atomic E-state index is 0.175. The largest absolute Gasteiger partial charge is 0.373 e. The van der Waals surface area contributed by atoms with E-state index in [1.165, 1.54) is 12.1 Å². The fourth-order valence-electron chi connectivity index (χ4n) is 1.82. The topological polar surface area (TPSA) is 45.2 Å². The van der Waals surface area contributed by atoms with Crippen molar-refractivity contribution < 1.29 is 9.18 Å². The van der Waals surface area contributed by atoms with Gasteiger partial charge in [-0.25, -0.2) is 9.37 Å². The van der Waals surface area contributed by atoms with Crippen LogP contribution < -0.4 is 5.32 Å². The summed E-state index contributed by atoms with van der Waals surface area (Å²) in [5.41, 5.74) is 1.24. The zero-order chi connectivity index (χ0) is 14.5. The van der Waals surface area contributed by atoms with Gasteiger partial charge in [-0.1, -0.05) is 18.2 Å². The number of aromatic nitrogens is 1. The lowest BCUT2D eigenvalue weighted by atomic mass is 10.2. The van der Waals surface area contributed by atoms with Crippen LogP contribution in [0.1, 0.15) is 16.1 Å². The minimum Gasteiger partial charge on any atom is -0.373 e. The molecule has 0 aliphatic rings. The van der Waals surface area contributed by atoms with E-state index in [1.54, 1.807) is 49.3 Å².